The van der Waals surface area contributed by atoms with Crippen LogP contribution in [-0.2, 0) is 0 Å². The molecular formula is C15H20ClNO2. The summed E-state index contributed by atoms with van der Waals surface area (Å²) >= 11 is 6.28. The molecule has 4 heteroatoms. The Bertz CT molecular complexity index is 509. The Hall–Kier alpha value is -0.770. The first kappa shape index (κ1) is 13.2. The van der Waals surface area contributed by atoms with Gasteiger partial charge < -0.3 is 15.2 Å². The first-order chi connectivity index (χ1) is 9.02. The molecule has 1 fully saturated rings. The fourth-order valence-corrected chi connectivity index (χ4v) is 3.51. The Morgan fingerprint density at radius 2 is 2.05 bits per heavy atom. The molecule has 2 N–H and O–H groups in total. The van der Waals surface area contributed by atoms with Crippen molar-refractivity contribution in [3.05, 3.63) is 27.8 Å². The minimum absolute atomic E-state index is 0.204. The van der Waals surface area contributed by atoms with Crippen molar-refractivity contribution >= 4 is 11.6 Å². The summed E-state index contributed by atoms with van der Waals surface area (Å²) in [4.78, 5) is 0. The minimum Gasteiger partial charge on any atom is -0.487 e. The lowest BCUT2D eigenvalue weighted by atomic mass is 9.81. The molecule has 1 aromatic rings. The lowest BCUT2D eigenvalue weighted by Crippen LogP contribution is -2.49. The Morgan fingerprint density at radius 1 is 1.37 bits per heavy atom. The molecule has 2 heterocycles. The highest BCUT2D eigenvalue weighted by atomic mass is 35.5. The van der Waals surface area contributed by atoms with Gasteiger partial charge in [0, 0.05) is 17.0 Å². The van der Waals surface area contributed by atoms with Crippen molar-refractivity contribution in [1.82, 2.24) is 5.32 Å². The van der Waals surface area contributed by atoms with E-state index in [0.29, 0.717) is 6.42 Å². The number of hydrogen-bond donors (Lipinski definition) is 2. The van der Waals surface area contributed by atoms with Crippen LogP contribution < -0.4 is 10.1 Å². The van der Waals surface area contributed by atoms with Crippen molar-refractivity contribution in [3.8, 4) is 5.75 Å². The van der Waals surface area contributed by atoms with Crippen molar-refractivity contribution in [2.45, 2.75) is 44.8 Å². The number of benzene rings is 1. The molecule has 0 aliphatic carbocycles. The number of nitrogens with one attached hydrogen (secondary N) is 1. The number of piperidine rings is 1. The van der Waals surface area contributed by atoms with E-state index in [1.807, 2.05) is 19.9 Å². The summed E-state index contributed by atoms with van der Waals surface area (Å²) in [5.41, 5.74) is 2.63. The molecule has 0 amide bonds. The van der Waals surface area contributed by atoms with Crippen LogP contribution in [0.2, 0.25) is 5.02 Å². The maximum atomic E-state index is 10.5. The van der Waals surface area contributed by atoms with E-state index in [-0.39, 0.29) is 5.60 Å². The first-order valence-corrected chi connectivity index (χ1v) is 7.28. The van der Waals surface area contributed by atoms with Gasteiger partial charge in [-0.3, -0.25) is 0 Å². The summed E-state index contributed by atoms with van der Waals surface area (Å²) in [7, 11) is 0. The van der Waals surface area contributed by atoms with E-state index in [9.17, 15) is 5.11 Å². The molecule has 0 bridgehead atoms. The van der Waals surface area contributed by atoms with Crippen LogP contribution in [0.3, 0.4) is 0 Å². The molecule has 3 rings (SSSR count). The monoisotopic (exact) mass is 281 g/mol. The van der Waals surface area contributed by atoms with Crippen LogP contribution in [0.1, 0.15) is 42.1 Å². The largest absolute Gasteiger partial charge is 0.487 e. The second-order valence-electron chi connectivity index (χ2n) is 5.80. The Labute approximate surface area is 118 Å². The van der Waals surface area contributed by atoms with Crippen LogP contribution in [0.15, 0.2) is 6.07 Å². The summed E-state index contributed by atoms with van der Waals surface area (Å²) in [5, 5.41) is 14.6. The minimum atomic E-state index is -0.472. The van der Waals surface area contributed by atoms with E-state index >= 15 is 0 Å². The van der Waals surface area contributed by atoms with Crippen LogP contribution in [-0.4, -0.2) is 23.8 Å². The Balaban J connectivity index is 2.04. The molecule has 1 atom stereocenters. The smallest absolute Gasteiger partial charge is 0.126 e. The third-order valence-corrected chi connectivity index (χ3v) is 5.01. The predicted molar refractivity (Wildman–Crippen MR) is 76.0 cm³/mol. The van der Waals surface area contributed by atoms with Crippen molar-refractivity contribution in [2.24, 2.45) is 0 Å². The average molecular weight is 282 g/mol. The number of rotatable bonds is 0. The van der Waals surface area contributed by atoms with Gasteiger partial charge in [-0.05, 0) is 57.0 Å². The van der Waals surface area contributed by atoms with E-state index in [4.69, 9.17) is 16.3 Å². The molecule has 19 heavy (non-hydrogen) atoms. The normalized spacial score (nSPS) is 24.9. The summed E-state index contributed by atoms with van der Waals surface area (Å²) in [6.07, 6.45) is 2.09. The third-order valence-electron chi connectivity index (χ3n) is 4.43. The quantitative estimate of drug-likeness (QED) is 0.768. The summed E-state index contributed by atoms with van der Waals surface area (Å²) in [6.45, 7) is 5.84. The van der Waals surface area contributed by atoms with Gasteiger partial charge in [-0.25, -0.2) is 0 Å². The second-order valence-corrected chi connectivity index (χ2v) is 6.18. The molecule has 0 radical (unpaired) electrons. The van der Waals surface area contributed by atoms with Gasteiger partial charge in [0.15, 0.2) is 0 Å². The van der Waals surface area contributed by atoms with Crippen molar-refractivity contribution < 1.29 is 9.84 Å². The zero-order valence-electron chi connectivity index (χ0n) is 11.4. The highest BCUT2D eigenvalue weighted by Gasteiger charge is 2.42. The molecule has 1 spiro atoms. The van der Waals surface area contributed by atoms with E-state index in [1.54, 1.807) is 0 Å². The van der Waals surface area contributed by atoms with E-state index < -0.39 is 6.10 Å². The van der Waals surface area contributed by atoms with Crippen LogP contribution in [0.5, 0.6) is 5.75 Å². The van der Waals surface area contributed by atoms with E-state index in [1.165, 1.54) is 0 Å². The van der Waals surface area contributed by atoms with Gasteiger partial charge in [0.25, 0.3) is 0 Å². The number of ether oxygens (including phenoxy) is 1. The van der Waals surface area contributed by atoms with Crippen LogP contribution in [0, 0.1) is 13.8 Å². The topological polar surface area (TPSA) is 41.5 Å². The van der Waals surface area contributed by atoms with Crippen LogP contribution in [0.25, 0.3) is 0 Å². The number of aryl methyl sites for hydroxylation is 1. The molecule has 2 aliphatic heterocycles. The standard InChI is InChI=1S/C15H20ClNO2/c1-9-7-12-13(10(2)14(9)16)11(18)8-15(19-12)3-5-17-6-4-15/h7,11,17-18H,3-6,8H2,1-2H3. The lowest BCUT2D eigenvalue weighted by Gasteiger charge is -2.44. The van der Waals surface area contributed by atoms with Crippen molar-refractivity contribution in [1.29, 1.82) is 0 Å². The molecule has 104 valence electrons. The molecule has 1 saturated heterocycles. The zero-order valence-corrected chi connectivity index (χ0v) is 12.2. The first-order valence-electron chi connectivity index (χ1n) is 6.90. The van der Waals surface area contributed by atoms with Gasteiger partial charge in [-0.2, -0.15) is 0 Å². The SMILES string of the molecule is Cc1cc2c(c(C)c1Cl)C(O)CC1(CCNCC1)O2. The molecule has 2 aliphatic rings. The molecule has 1 aromatic carbocycles. The molecule has 0 aromatic heterocycles. The molecule has 3 nitrogen and oxygen atoms in total. The summed E-state index contributed by atoms with van der Waals surface area (Å²) < 4.78 is 6.29. The number of aliphatic hydroxyl groups is 1. The molecule has 1 unspecified atom stereocenters. The maximum absolute atomic E-state index is 10.5. The van der Waals surface area contributed by atoms with Gasteiger partial charge >= 0.3 is 0 Å². The van der Waals surface area contributed by atoms with Gasteiger partial charge in [-0.1, -0.05) is 11.6 Å². The third kappa shape index (κ3) is 2.14. The van der Waals surface area contributed by atoms with Crippen LogP contribution in [0.4, 0.5) is 0 Å². The fraction of sp³-hybridized carbons (Fsp3) is 0.600. The highest BCUT2D eigenvalue weighted by Crippen LogP contribution is 2.46. The van der Waals surface area contributed by atoms with Crippen molar-refractivity contribution in [3.63, 3.8) is 0 Å². The van der Waals surface area contributed by atoms with Gasteiger partial charge in [-0.15, -0.1) is 0 Å². The average Bonchev–Trinajstić information content (AvgIpc) is 2.36. The number of halogens is 1. The second kappa shape index (κ2) is 4.65. The molecular weight excluding hydrogens is 262 g/mol. The summed E-state index contributed by atoms with van der Waals surface area (Å²) in [6, 6.07) is 1.97. The number of fused-ring (bicyclic) bond motifs is 1. The Morgan fingerprint density at radius 3 is 2.74 bits per heavy atom. The van der Waals surface area contributed by atoms with E-state index in [2.05, 4.69) is 5.32 Å². The van der Waals surface area contributed by atoms with Gasteiger partial charge in [0.1, 0.15) is 11.4 Å². The maximum Gasteiger partial charge on any atom is 0.126 e. The van der Waals surface area contributed by atoms with Gasteiger partial charge in [0.2, 0.25) is 0 Å². The van der Waals surface area contributed by atoms with E-state index in [0.717, 1.165) is 53.4 Å². The summed E-state index contributed by atoms with van der Waals surface area (Å²) in [5.74, 6) is 0.819. The Kier molecular flexibility index (Phi) is 3.24. The predicted octanol–water partition coefficient (Wildman–Crippen LogP) is 2.89. The molecule has 0 saturated carbocycles. The van der Waals surface area contributed by atoms with Crippen molar-refractivity contribution in [2.75, 3.05) is 13.1 Å². The van der Waals surface area contributed by atoms with Gasteiger partial charge in [0.05, 0.1) is 6.10 Å². The fourth-order valence-electron chi connectivity index (χ4n) is 3.35. The van der Waals surface area contributed by atoms with Crippen LogP contribution >= 0.6 is 11.6 Å². The number of hydrogen-bond acceptors (Lipinski definition) is 3. The lowest BCUT2D eigenvalue weighted by molar-refractivity contribution is -0.0340. The zero-order chi connectivity index (χ0) is 13.6. The number of aliphatic hydroxyl groups excluding tert-OH is 1. The highest BCUT2D eigenvalue weighted by molar-refractivity contribution is 6.32.